The third-order valence-electron chi connectivity index (χ3n) is 16.2. The highest BCUT2D eigenvalue weighted by atomic mass is 32.2. The number of azo groups is 1. The Morgan fingerprint density at radius 2 is 1.10 bits per heavy atom. The van der Waals surface area contributed by atoms with E-state index in [0.717, 1.165) is 17.5 Å². The molecule has 564 valence electrons. The smallest absolute Gasteiger partial charge is 0.303 e. The number of carbonyl (C=O) groups excluding carboxylic acids is 11. The molecule has 1 heterocycles. The number of fused-ring (bicyclic) bond motifs is 1. The molecule has 5 rings (SSSR count). The van der Waals surface area contributed by atoms with Gasteiger partial charge in [-0.1, -0.05) is 38.1 Å². The van der Waals surface area contributed by atoms with Gasteiger partial charge in [0.15, 0.2) is 0 Å². The fraction of sp³-hybridized carbons (Fsp3) is 0.463. The Morgan fingerprint density at radius 3 is 1.65 bits per heavy atom. The molecule has 36 nitrogen and oxygen atoms in total. The number of benzene rings is 4. The van der Waals surface area contributed by atoms with Crippen molar-refractivity contribution >= 4 is 127 Å². The zero-order chi connectivity index (χ0) is 77.1. The molecule has 4 aromatic carbocycles. The molecule has 1 saturated heterocycles. The van der Waals surface area contributed by atoms with E-state index in [2.05, 4.69) is 63.4 Å². The molecule has 4 aromatic rings. The van der Waals surface area contributed by atoms with Crippen LogP contribution in [-0.2, 0) is 72.4 Å². The summed E-state index contributed by atoms with van der Waals surface area (Å²) in [5.41, 5.74) is 7.87. The second-order valence-corrected chi connectivity index (χ2v) is 26.5. The van der Waals surface area contributed by atoms with E-state index in [9.17, 15) is 101 Å². The van der Waals surface area contributed by atoms with Gasteiger partial charge in [0.1, 0.15) is 53.2 Å². The molecule has 17 N–H and O–H groups in total. The molecule has 1 aliphatic rings. The summed E-state index contributed by atoms with van der Waals surface area (Å²) in [6, 6.07) is 9.64. The number of primary amides is 1. The average molecular weight is 1470 g/mol. The van der Waals surface area contributed by atoms with Gasteiger partial charge in [0.25, 0.3) is 16.0 Å². The zero-order valence-corrected chi connectivity index (χ0v) is 58.8. The maximum Gasteiger partial charge on any atom is 0.303 e. The summed E-state index contributed by atoms with van der Waals surface area (Å²) < 4.78 is 33.6. The number of nitrogens with zero attached hydrogens (tertiary/aromatic N) is 4. The summed E-state index contributed by atoms with van der Waals surface area (Å²) in [5, 5.41) is 72.9. The zero-order valence-electron chi connectivity index (χ0n) is 58.0. The van der Waals surface area contributed by atoms with E-state index in [4.69, 9.17) is 5.73 Å². The molecule has 0 radical (unpaired) electrons. The van der Waals surface area contributed by atoms with Gasteiger partial charge in [0, 0.05) is 87.1 Å². The lowest BCUT2D eigenvalue weighted by Crippen LogP contribution is -2.60. The number of carboxylic acids is 3. The van der Waals surface area contributed by atoms with Gasteiger partial charge in [0.2, 0.25) is 59.1 Å². The highest BCUT2D eigenvalue weighted by Gasteiger charge is 2.41. The molecule has 9 atom stereocenters. The van der Waals surface area contributed by atoms with Gasteiger partial charge >= 0.3 is 17.9 Å². The van der Waals surface area contributed by atoms with Gasteiger partial charge < -0.3 is 89.1 Å². The van der Waals surface area contributed by atoms with Crippen molar-refractivity contribution in [2.24, 2.45) is 21.9 Å². The van der Waals surface area contributed by atoms with Crippen molar-refractivity contribution in [3.8, 4) is 0 Å². The first-order chi connectivity index (χ1) is 49.0. The Balaban J connectivity index is 1.19. The number of likely N-dealkylation sites (tertiary alicyclic amines) is 1. The van der Waals surface area contributed by atoms with Crippen LogP contribution >= 0.6 is 0 Å². The molecule has 0 aromatic heterocycles. The summed E-state index contributed by atoms with van der Waals surface area (Å²) in [5.74, 6) is -15.1. The molecule has 0 aliphatic carbocycles. The summed E-state index contributed by atoms with van der Waals surface area (Å²) in [6.07, 6.45) is -5.91. The van der Waals surface area contributed by atoms with Crippen LogP contribution in [0, 0.1) is 5.92 Å². The number of hydrogen-bond donors (Lipinski definition) is 16. The Kier molecular flexibility index (Phi) is 32.0. The third kappa shape index (κ3) is 26.6. The van der Waals surface area contributed by atoms with Crippen molar-refractivity contribution in [1.29, 1.82) is 0 Å². The number of aliphatic carboxylic acids is 3. The van der Waals surface area contributed by atoms with Crippen LogP contribution in [0.2, 0.25) is 0 Å². The van der Waals surface area contributed by atoms with Crippen LogP contribution in [0.5, 0.6) is 0 Å². The van der Waals surface area contributed by atoms with Gasteiger partial charge in [-0.25, -0.2) is 0 Å². The Morgan fingerprint density at radius 1 is 0.577 bits per heavy atom. The predicted octanol–water partition coefficient (Wildman–Crippen LogP) is 0.217. The lowest BCUT2D eigenvalue weighted by Gasteiger charge is -2.31. The molecule has 104 heavy (non-hydrogen) atoms. The minimum absolute atomic E-state index is 0.00502. The van der Waals surface area contributed by atoms with Gasteiger partial charge in [-0.3, -0.25) is 71.7 Å². The largest absolute Gasteiger partial charge is 0.481 e. The number of aliphatic hydroxyl groups excluding tert-OH is 1. The molecular formula is C67H89N15O21S. The lowest BCUT2D eigenvalue weighted by atomic mass is 10.0. The molecule has 1 aliphatic heterocycles. The molecule has 0 unspecified atom stereocenters. The predicted molar refractivity (Wildman–Crippen MR) is 373 cm³/mol. The summed E-state index contributed by atoms with van der Waals surface area (Å²) in [7, 11) is -0.792. The number of hydrogen-bond acceptors (Lipinski definition) is 21. The Labute approximate surface area is 598 Å². The topological polar surface area (TPSA) is 552 Å². The summed E-state index contributed by atoms with van der Waals surface area (Å²) >= 11 is 0. The quantitative estimate of drug-likeness (QED) is 0.0160. The van der Waals surface area contributed by atoms with Crippen LogP contribution in [0.1, 0.15) is 109 Å². The van der Waals surface area contributed by atoms with E-state index in [1.165, 1.54) is 55.5 Å². The SMILES string of the molecule is CC(C)C[C@H](NC(=O)[C@H](C)NC(=O)[C@H](CCC(N)=O)NC(=O)c1ccc(N=Nc2ccc(N(C)C)cc2)cc1)C(=O)N1CCC[C@H]1C(=O)N[C@@H](CCC(=O)O)C(=O)N[C@H](C(=O)NCC(=O)N[C@@H](CCC(=O)O)C(=O)N[C@@H](CCC(=O)O)C(=O)NCCNc1cccc2c(S(=O)(=O)O)cccc12)[C@@H](C)O. The van der Waals surface area contributed by atoms with Crippen LogP contribution in [0.4, 0.5) is 22.7 Å². The minimum atomic E-state index is -4.59. The van der Waals surface area contributed by atoms with E-state index in [1.54, 1.807) is 38.1 Å². The van der Waals surface area contributed by atoms with Crippen LogP contribution in [0.25, 0.3) is 10.8 Å². The lowest BCUT2D eigenvalue weighted by molar-refractivity contribution is -0.143. The molecular weight excluding hydrogens is 1380 g/mol. The van der Waals surface area contributed by atoms with E-state index >= 15 is 0 Å². The van der Waals surface area contributed by atoms with Crippen molar-refractivity contribution in [2.75, 3.05) is 50.5 Å². The molecule has 37 heteroatoms. The van der Waals surface area contributed by atoms with Gasteiger partial charge in [0.05, 0.1) is 24.0 Å². The van der Waals surface area contributed by atoms with E-state index in [-0.39, 0.29) is 73.5 Å². The highest BCUT2D eigenvalue weighted by molar-refractivity contribution is 7.86. The number of carbonyl (C=O) groups is 14. The maximum absolute atomic E-state index is 14.5. The van der Waals surface area contributed by atoms with E-state index in [0.29, 0.717) is 22.4 Å². The molecule has 1 fully saturated rings. The second-order valence-electron chi connectivity index (χ2n) is 25.1. The number of aliphatic hydroxyl groups is 1. The number of amides is 11. The molecule has 0 saturated carbocycles. The van der Waals surface area contributed by atoms with Crippen LogP contribution in [0.3, 0.4) is 0 Å². The number of nitrogens with two attached hydrogens (primary N) is 1. The van der Waals surface area contributed by atoms with Crippen LogP contribution in [-0.4, -0.2) is 216 Å². The number of rotatable bonds is 41. The number of nitrogens with one attached hydrogen (secondary N) is 10. The monoisotopic (exact) mass is 1470 g/mol. The van der Waals surface area contributed by atoms with Crippen LogP contribution in [0.15, 0.2) is 100 Å². The summed E-state index contributed by atoms with van der Waals surface area (Å²) in [6.45, 7) is 4.65. The average Bonchev–Trinajstić information content (AvgIpc) is 1.13. The minimum Gasteiger partial charge on any atom is -0.481 e. The molecule has 0 bridgehead atoms. The number of carboxylic acid groups (broad SMARTS) is 3. The highest BCUT2D eigenvalue weighted by Crippen LogP contribution is 2.29. The van der Waals surface area contributed by atoms with Gasteiger partial charge in [-0.05, 0) is 125 Å². The fourth-order valence-electron chi connectivity index (χ4n) is 10.8. The van der Waals surface area contributed by atoms with E-state index < -0.39 is 193 Å². The standard InChI is InChI=1S/C67H89N15O21S/c1-36(2)34-50(77-59(92)37(3)72-62(95)48(23-27-53(68)84)74-60(93)39-15-17-40(18-16-39)79-80-41-19-21-42(22-20-41)81(5)6)67(100)82-33-9-13-51(82)65(98)76-49(26-30-57(90)91)64(97)78-58(38(4)83)66(99)71-35-54(85)73-47(25-29-56(88)89)63(96)75-46(24-28-55(86)87)61(94)70-32-31-69-45-12-7-11-44-43(45)10-8-14-52(44)104(101,102)103/h7-8,10-12,14-22,36-38,46-51,58,69,83H,9,13,23-35H2,1-6H3,(H2,68,84)(H,70,94)(H,71,99)(H,72,95)(H,73,85)(H,74,93)(H,75,96)(H,76,98)(H,77,92)(H,78,97)(H,86,87)(H,88,89)(H,90,91)(H,101,102,103)/t37-,38+,46-,47-,48-,49-,50-,51-,58-/m0/s1. The molecule has 0 spiro atoms. The van der Waals surface area contributed by atoms with Crippen molar-refractivity contribution in [3.63, 3.8) is 0 Å². The first kappa shape index (κ1) is 83.5. The Bertz CT molecular complexity index is 3930. The second kappa shape index (κ2) is 39.9. The normalized spacial score (nSPS) is 15.1. The van der Waals surface area contributed by atoms with Crippen molar-refractivity contribution < 1.29 is 101 Å². The third-order valence-corrected chi connectivity index (χ3v) is 17.1. The van der Waals surface area contributed by atoms with Gasteiger partial charge in [-0.15, -0.1) is 0 Å². The first-order valence-corrected chi connectivity index (χ1v) is 34.6. The van der Waals surface area contributed by atoms with Crippen molar-refractivity contribution in [3.05, 3.63) is 90.5 Å². The fourth-order valence-corrected chi connectivity index (χ4v) is 11.5. The van der Waals surface area contributed by atoms with Crippen LogP contribution < -0.4 is 63.8 Å². The molecule has 11 amide bonds. The summed E-state index contributed by atoms with van der Waals surface area (Å²) in [4.78, 5) is 188. The number of anilines is 2. The van der Waals surface area contributed by atoms with E-state index in [1.807, 2.05) is 31.1 Å². The maximum atomic E-state index is 14.5. The van der Waals surface area contributed by atoms with Crippen molar-refractivity contribution in [1.82, 2.24) is 52.8 Å². The van der Waals surface area contributed by atoms with Gasteiger partial charge in [-0.2, -0.15) is 18.6 Å². The van der Waals surface area contributed by atoms with Crippen molar-refractivity contribution in [2.45, 2.75) is 158 Å². The first-order valence-electron chi connectivity index (χ1n) is 33.1. The Hall–Kier alpha value is -11.2.